The molecule has 0 aliphatic rings. The molecule has 0 bridgehead atoms. The predicted molar refractivity (Wildman–Crippen MR) is 77.1 cm³/mol. The van der Waals surface area contributed by atoms with Crippen molar-refractivity contribution in [1.82, 2.24) is 15.2 Å². The van der Waals surface area contributed by atoms with Gasteiger partial charge in [0.05, 0.1) is 7.11 Å². The van der Waals surface area contributed by atoms with Crippen molar-refractivity contribution < 1.29 is 4.74 Å². The number of methoxy groups -OCH3 is 1. The van der Waals surface area contributed by atoms with Crippen LogP contribution in [0, 0.1) is 0 Å². The molecule has 0 radical (unpaired) electrons. The van der Waals surface area contributed by atoms with Crippen LogP contribution < -0.4 is 15.6 Å². The molecule has 0 aliphatic carbocycles. The molecule has 0 aliphatic heterocycles. The van der Waals surface area contributed by atoms with Crippen molar-refractivity contribution in [3.8, 4) is 5.75 Å². The van der Waals surface area contributed by atoms with Crippen molar-refractivity contribution in [2.45, 2.75) is 6.42 Å². The molecular weight excluding hydrogens is 256 g/mol. The van der Waals surface area contributed by atoms with Crippen LogP contribution in [0.2, 0.25) is 0 Å². The van der Waals surface area contributed by atoms with Crippen LogP contribution in [0.4, 0.5) is 5.95 Å². The van der Waals surface area contributed by atoms with E-state index in [1.807, 2.05) is 24.3 Å². The highest BCUT2D eigenvalue weighted by molar-refractivity contribution is 5.30. The van der Waals surface area contributed by atoms with Gasteiger partial charge in [-0.15, -0.1) is 16.8 Å². The standard InChI is InChI=1S/C14H16N4O2/c1-3-8-15-14-16-13(19)12(17-18-14)9-10-4-6-11(20-2)7-5-10/h3-7H,1,8-9H2,2H3,(H2,15,16,18,19). The van der Waals surface area contributed by atoms with Gasteiger partial charge in [-0.3, -0.25) is 9.78 Å². The number of ether oxygens (including phenoxy) is 1. The second kappa shape index (κ2) is 6.51. The molecule has 2 rings (SSSR count). The largest absolute Gasteiger partial charge is 0.497 e. The molecule has 0 fully saturated rings. The van der Waals surface area contributed by atoms with Gasteiger partial charge in [-0.25, -0.2) is 0 Å². The molecule has 2 N–H and O–H groups in total. The Morgan fingerprint density at radius 2 is 2.10 bits per heavy atom. The summed E-state index contributed by atoms with van der Waals surface area (Å²) in [6.07, 6.45) is 2.10. The first-order chi connectivity index (χ1) is 9.72. The second-order valence-corrected chi connectivity index (χ2v) is 4.14. The number of rotatable bonds is 6. The lowest BCUT2D eigenvalue weighted by Crippen LogP contribution is -2.19. The highest BCUT2D eigenvalue weighted by Gasteiger charge is 2.06. The molecule has 1 aromatic carbocycles. The van der Waals surface area contributed by atoms with Gasteiger partial charge >= 0.3 is 0 Å². The third kappa shape index (κ3) is 3.44. The van der Waals surface area contributed by atoms with Crippen molar-refractivity contribution >= 4 is 5.95 Å². The van der Waals surface area contributed by atoms with Crippen LogP contribution in [-0.2, 0) is 6.42 Å². The van der Waals surface area contributed by atoms with Gasteiger partial charge in [-0.05, 0) is 17.7 Å². The Kier molecular flexibility index (Phi) is 4.49. The predicted octanol–water partition coefficient (Wildman–Crippen LogP) is 1.36. The summed E-state index contributed by atoms with van der Waals surface area (Å²) in [5.41, 5.74) is 1.10. The molecule has 20 heavy (non-hydrogen) atoms. The monoisotopic (exact) mass is 272 g/mol. The van der Waals surface area contributed by atoms with Gasteiger partial charge in [0.25, 0.3) is 5.56 Å². The number of aromatic nitrogens is 3. The lowest BCUT2D eigenvalue weighted by molar-refractivity contribution is 0.414. The molecule has 0 amide bonds. The Morgan fingerprint density at radius 3 is 2.70 bits per heavy atom. The fraction of sp³-hybridized carbons (Fsp3) is 0.214. The van der Waals surface area contributed by atoms with Gasteiger partial charge in [-0.1, -0.05) is 18.2 Å². The van der Waals surface area contributed by atoms with Gasteiger partial charge in [0.1, 0.15) is 11.4 Å². The first-order valence-electron chi connectivity index (χ1n) is 6.16. The molecule has 104 valence electrons. The van der Waals surface area contributed by atoms with Gasteiger partial charge in [-0.2, -0.15) is 0 Å². The van der Waals surface area contributed by atoms with Crippen molar-refractivity contribution in [3.05, 3.63) is 58.5 Å². The van der Waals surface area contributed by atoms with E-state index in [0.717, 1.165) is 11.3 Å². The Morgan fingerprint density at radius 1 is 1.35 bits per heavy atom. The van der Waals surface area contributed by atoms with Crippen LogP contribution in [0.3, 0.4) is 0 Å². The smallest absolute Gasteiger partial charge is 0.274 e. The average Bonchev–Trinajstić information content (AvgIpc) is 2.48. The molecule has 1 aromatic heterocycles. The van der Waals surface area contributed by atoms with Crippen LogP contribution in [0.15, 0.2) is 41.7 Å². The van der Waals surface area contributed by atoms with Gasteiger partial charge < -0.3 is 10.1 Å². The first kappa shape index (κ1) is 13.8. The normalized spacial score (nSPS) is 10.1. The molecule has 0 saturated carbocycles. The minimum absolute atomic E-state index is 0.248. The highest BCUT2D eigenvalue weighted by Crippen LogP contribution is 2.12. The SMILES string of the molecule is C=CCNc1nnc(Cc2ccc(OC)cc2)c(=O)[nH]1. The summed E-state index contributed by atoms with van der Waals surface area (Å²) in [5, 5.41) is 10.7. The quantitative estimate of drug-likeness (QED) is 0.776. The second-order valence-electron chi connectivity index (χ2n) is 4.14. The fourth-order valence-corrected chi connectivity index (χ4v) is 1.66. The van der Waals surface area contributed by atoms with E-state index in [4.69, 9.17) is 4.74 Å². The maximum absolute atomic E-state index is 11.9. The van der Waals surface area contributed by atoms with E-state index in [9.17, 15) is 4.79 Å². The van der Waals surface area contributed by atoms with Crippen molar-refractivity contribution in [3.63, 3.8) is 0 Å². The number of anilines is 1. The van der Waals surface area contributed by atoms with Crippen molar-refractivity contribution in [2.75, 3.05) is 19.0 Å². The third-order valence-corrected chi connectivity index (χ3v) is 2.71. The Bertz CT molecular complexity index is 634. The summed E-state index contributed by atoms with van der Waals surface area (Å²) >= 11 is 0. The number of nitrogens with zero attached hydrogens (tertiary/aromatic N) is 2. The van der Waals surface area contributed by atoms with Crippen LogP contribution in [0.25, 0.3) is 0 Å². The topological polar surface area (TPSA) is 79.9 Å². The minimum Gasteiger partial charge on any atom is -0.497 e. The Hall–Kier alpha value is -2.63. The van der Waals surface area contributed by atoms with Gasteiger partial charge in [0.15, 0.2) is 0 Å². The summed E-state index contributed by atoms with van der Waals surface area (Å²) in [6, 6.07) is 7.47. The zero-order valence-electron chi connectivity index (χ0n) is 11.2. The lowest BCUT2D eigenvalue weighted by Gasteiger charge is -2.04. The molecule has 6 heteroatoms. The van der Waals surface area contributed by atoms with Crippen LogP contribution >= 0.6 is 0 Å². The minimum atomic E-state index is -0.248. The zero-order valence-corrected chi connectivity index (χ0v) is 11.2. The van der Waals surface area contributed by atoms with E-state index < -0.39 is 0 Å². The molecule has 6 nitrogen and oxygen atoms in total. The van der Waals surface area contributed by atoms with E-state index in [-0.39, 0.29) is 5.56 Å². The number of H-pyrrole nitrogens is 1. The van der Waals surface area contributed by atoms with Crippen LogP contribution in [0.5, 0.6) is 5.75 Å². The maximum atomic E-state index is 11.9. The molecule has 2 aromatic rings. The molecule has 0 saturated heterocycles. The summed E-state index contributed by atoms with van der Waals surface area (Å²) in [5.74, 6) is 1.12. The van der Waals surface area contributed by atoms with Crippen LogP contribution in [-0.4, -0.2) is 28.8 Å². The summed E-state index contributed by atoms with van der Waals surface area (Å²) in [7, 11) is 1.61. The molecule has 0 spiro atoms. The molecule has 0 atom stereocenters. The maximum Gasteiger partial charge on any atom is 0.274 e. The molecule has 1 heterocycles. The summed E-state index contributed by atoms with van der Waals surface area (Å²) < 4.78 is 5.08. The zero-order chi connectivity index (χ0) is 14.4. The molecular formula is C14H16N4O2. The van der Waals surface area contributed by atoms with Gasteiger partial charge in [0, 0.05) is 13.0 Å². The van der Waals surface area contributed by atoms with Crippen LogP contribution in [0.1, 0.15) is 11.3 Å². The van der Waals surface area contributed by atoms with Gasteiger partial charge in [0.2, 0.25) is 5.95 Å². The highest BCUT2D eigenvalue weighted by atomic mass is 16.5. The first-order valence-corrected chi connectivity index (χ1v) is 6.16. The van der Waals surface area contributed by atoms with E-state index >= 15 is 0 Å². The number of benzene rings is 1. The number of hydrogen-bond donors (Lipinski definition) is 2. The number of hydrogen-bond acceptors (Lipinski definition) is 5. The molecule has 0 unspecified atom stereocenters. The van der Waals surface area contributed by atoms with E-state index in [2.05, 4.69) is 27.1 Å². The van der Waals surface area contributed by atoms with E-state index in [0.29, 0.717) is 24.6 Å². The van der Waals surface area contributed by atoms with Crippen molar-refractivity contribution in [2.24, 2.45) is 0 Å². The third-order valence-electron chi connectivity index (χ3n) is 2.71. The lowest BCUT2D eigenvalue weighted by atomic mass is 10.1. The fourth-order valence-electron chi connectivity index (χ4n) is 1.66. The van der Waals surface area contributed by atoms with E-state index in [1.165, 1.54) is 0 Å². The summed E-state index contributed by atoms with van der Waals surface area (Å²) in [6.45, 7) is 4.09. The Balaban J connectivity index is 2.12. The van der Waals surface area contributed by atoms with Crippen molar-refractivity contribution in [1.29, 1.82) is 0 Å². The average molecular weight is 272 g/mol. The van der Waals surface area contributed by atoms with E-state index in [1.54, 1.807) is 13.2 Å². The Labute approximate surface area is 116 Å². The summed E-state index contributed by atoms with van der Waals surface area (Å²) in [4.78, 5) is 14.5. The number of nitrogens with one attached hydrogen (secondary N) is 2. The number of aromatic amines is 1.